The molecule has 0 spiro atoms. The summed E-state index contributed by atoms with van der Waals surface area (Å²) >= 11 is 0. The number of carbonyl (C=O) groups is 1. The summed E-state index contributed by atoms with van der Waals surface area (Å²) in [4.78, 5) is 36.8. The SMILES string of the molecule is CN(C)C(=O)Nc1ccc(C2CN(c3nc(-c4ccncc4)cc(=O)n3C)CCO2)cc1. The molecule has 1 unspecified atom stereocenters. The van der Waals surface area contributed by atoms with Gasteiger partial charge in [-0.1, -0.05) is 12.1 Å². The van der Waals surface area contributed by atoms with Crippen LogP contribution in [0.3, 0.4) is 0 Å². The average Bonchev–Trinajstić information content (AvgIpc) is 2.82. The number of carbonyl (C=O) groups excluding carboxylic acids is 1. The Hall–Kier alpha value is -3.72. The van der Waals surface area contributed by atoms with Gasteiger partial charge >= 0.3 is 6.03 Å². The van der Waals surface area contributed by atoms with E-state index >= 15 is 0 Å². The van der Waals surface area contributed by atoms with E-state index in [1.54, 1.807) is 38.1 Å². The second-order valence-corrected chi connectivity index (χ2v) is 7.83. The summed E-state index contributed by atoms with van der Waals surface area (Å²) in [6.07, 6.45) is 3.19. The zero-order valence-corrected chi connectivity index (χ0v) is 18.4. The first-order chi connectivity index (χ1) is 15.4. The van der Waals surface area contributed by atoms with E-state index in [0.717, 1.165) is 11.1 Å². The Morgan fingerprint density at radius 1 is 1.16 bits per heavy atom. The number of hydrogen-bond acceptors (Lipinski definition) is 6. The van der Waals surface area contributed by atoms with Crippen molar-refractivity contribution < 1.29 is 9.53 Å². The summed E-state index contributed by atoms with van der Waals surface area (Å²) in [5.41, 5.74) is 3.06. The van der Waals surface area contributed by atoms with E-state index in [1.165, 1.54) is 11.0 Å². The monoisotopic (exact) mass is 434 g/mol. The molecule has 1 atom stereocenters. The van der Waals surface area contributed by atoms with Crippen molar-refractivity contribution in [1.82, 2.24) is 19.4 Å². The molecule has 0 aliphatic carbocycles. The van der Waals surface area contributed by atoms with Crippen molar-refractivity contribution in [3.63, 3.8) is 0 Å². The summed E-state index contributed by atoms with van der Waals surface area (Å²) in [6.45, 7) is 1.70. The molecule has 0 saturated carbocycles. The van der Waals surface area contributed by atoms with E-state index < -0.39 is 0 Å². The summed E-state index contributed by atoms with van der Waals surface area (Å²) in [5.74, 6) is 0.604. The molecule has 1 N–H and O–H groups in total. The maximum absolute atomic E-state index is 12.6. The van der Waals surface area contributed by atoms with Crippen LogP contribution in [0.15, 0.2) is 59.7 Å². The van der Waals surface area contributed by atoms with Crippen molar-refractivity contribution in [1.29, 1.82) is 0 Å². The fraction of sp³-hybridized carbons (Fsp3) is 0.304. The Labute approximate surface area is 186 Å². The minimum atomic E-state index is -0.182. The van der Waals surface area contributed by atoms with Crippen LogP contribution in [0.1, 0.15) is 11.7 Å². The first-order valence-corrected chi connectivity index (χ1v) is 10.4. The third kappa shape index (κ3) is 4.62. The maximum Gasteiger partial charge on any atom is 0.321 e. The number of nitrogens with zero attached hydrogens (tertiary/aromatic N) is 5. The van der Waals surface area contributed by atoms with Crippen molar-refractivity contribution in [3.8, 4) is 11.3 Å². The molecule has 9 heteroatoms. The average molecular weight is 435 g/mol. The quantitative estimate of drug-likeness (QED) is 0.678. The Balaban J connectivity index is 1.55. The molecule has 2 amide bonds. The fourth-order valence-electron chi connectivity index (χ4n) is 3.53. The smallest absolute Gasteiger partial charge is 0.321 e. The molecule has 0 radical (unpaired) electrons. The summed E-state index contributed by atoms with van der Waals surface area (Å²) < 4.78 is 7.56. The van der Waals surface area contributed by atoms with Crippen LogP contribution in [0.2, 0.25) is 0 Å². The lowest BCUT2D eigenvalue weighted by atomic mass is 10.1. The molecule has 166 valence electrons. The molecular formula is C23H26N6O3. The molecular weight excluding hydrogens is 408 g/mol. The lowest BCUT2D eigenvalue weighted by Gasteiger charge is -2.34. The van der Waals surface area contributed by atoms with Crippen LogP contribution in [-0.4, -0.2) is 59.3 Å². The van der Waals surface area contributed by atoms with E-state index in [9.17, 15) is 9.59 Å². The minimum Gasteiger partial charge on any atom is -0.370 e. The molecule has 1 aliphatic rings. The fourth-order valence-corrected chi connectivity index (χ4v) is 3.53. The molecule has 1 fully saturated rings. The van der Waals surface area contributed by atoms with Crippen LogP contribution in [-0.2, 0) is 11.8 Å². The summed E-state index contributed by atoms with van der Waals surface area (Å²) in [6, 6.07) is 12.6. The number of urea groups is 1. The summed E-state index contributed by atoms with van der Waals surface area (Å²) in [5, 5.41) is 2.82. The van der Waals surface area contributed by atoms with Gasteiger partial charge in [0, 0.05) is 57.4 Å². The van der Waals surface area contributed by atoms with Crippen LogP contribution < -0.4 is 15.8 Å². The van der Waals surface area contributed by atoms with Gasteiger partial charge in [0.15, 0.2) is 0 Å². The third-order valence-electron chi connectivity index (χ3n) is 5.38. The van der Waals surface area contributed by atoms with E-state index in [-0.39, 0.29) is 17.7 Å². The maximum atomic E-state index is 12.6. The van der Waals surface area contributed by atoms with Gasteiger partial charge in [-0.2, -0.15) is 0 Å². The second kappa shape index (κ2) is 9.19. The van der Waals surface area contributed by atoms with Crippen LogP contribution in [0.5, 0.6) is 0 Å². The Morgan fingerprint density at radius 2 is 1.88 bits per heavy atom. The number of aromatic nitrogens is 3. The first-order valence-electron chi connectivity index (χ1n) is 10.4. The number of amides is 2. The van der Waals surface area contributed by atoms with Crippen molar-refractivity contribution in [2.45, 2.75) is 6.10 Å². The highest BCUT2D eigenvalue weighted by Gasteiger charge is 2.25. The molecule has 1 saturated heterocycles. The van der Waals surface area contributed by atoms with E-state index in [0.29, 0.717) is 37.0 Å². The number of hydrogen-bond donors (Lipinski definition) is 1. The van der Waals surface area contributed by atoms with Crippen molar-refractivity contribution >= 4 is 17.7 Å². The first kappa shape index (κ1) is 21.5. The molecule has 4 rings (SSSR count). The zero-order chi connectivity index (χ0) is 22.7. The van der Waals surface area contributed by atoms with Gasteiger partial charge in [0.05, 0.1) is 18.8 Å². The lowest BCUT2D eigenvalue weighted by Crippen LogP contribution is -2.41. The highest BCUT2D eigenvalue weighted by atomic mass is 16.5. The number of rotatable bonds is 4. The molecule has 0 bridgehead atoms. The van der Waals surface area contributed by atoms with Gasteiger partial charge in [0.1, 0.15) is 6.10 Å². The lowest BCUT2D eigenvalue weighted by molar-refractivity contribution is 0.0390. The van der Waals surface area contributed by atoms with Crippen LogP contribution >= 0.6 is 0 Å². The molecule has 1 aromatic carbocycles. The highest BCUT2D eigenvalue weighted by molar-refractivity contribution is 5.88. The Morgan fingerprint density at radius 3 is 2.56 bits per heavy atom. The molecule has 2 aromatic heterocycles. The Kier molecular flexibility index (Phi) is 6.18. The topological polar surface area (TPSA) is 92.6 Å². The Bertz CT molecular complexity index is 1140. The molecule has 3 heterocycles. The van der Waals surface area contributed by atoms with E-state index in [1.807, 2.05) is 36.4 Å². The van der Waals surface area contributed by atoms with Crippen molar-refractivity contribution in [2.75, 3.05) is 44.0 Å². The van der Waals surface area contributed by atoms with Crippen LogP contribution in [0.4, 0.5) is 16.4 Å². The van der Waals surface area contributed by atoms with Crippen molar-refractivity contribution in [3.05, 3.63) is 70.8 Å². The zero-order valence-electron chi connectivity index (χ0n) is 18.4. The van der Waals surface area contributed by atoms with E-state index in [4.69, 9.17) is 9.72 Å². The van der Waals surface area contributed by atoms with Gasteiger partial charge < -0.3 is 19.9 Å². The largest absolute Gasteiger partial charge is 0.370 e. The van der Waals surface area contributed by atoms with Gasteiger partial charge in [0.2, 0.25) is 5.95 Å². The van der Waals surface area contributed by atoms with Gasteiger partial charge in [-0.05, 0) is 29.8 Å². The predicted octanol–water partition coefficient (Wildman–Crippen LogP) is 2.51. The van der Waals surface area contributed by atoms with Crippen LogP contribution in [0, 0.1) is 0 Å². The predicted molar refractivity (Wildman–Crippen MR) is 123 cm³/mol. The number of anilines is 2. The van der Waals surface area contributed by atoms with Gasteiger partial charge in [-0.15, -0.1) is 0 Å². The van der Waals surface area contributed by atoms with Gasteiger partial charge in [-0.3, -0.25) is 14.3 Å². The minimum absolute atomic E-state index is 0.120. The highest BCUT2D eigenvalue weighted by Crippen LogP contribution is 2.27. The second-order valence-electron chi connectivity index (χ2n) is 7.83. The normalized spacial score (nSPS) is 16.0. The standard InChI is InChI=1S/C23H26N6O3/c1-27(2)23(31)25-18-6-4-17(5-7-18)20-15-29(12-13-32-20)22-26-19(14-21(30)28(22)3)16-8-10-24-11-9-16/h4-11,14,20H,12-13,15H2,1-3H3,(H,25,31). The number of pyridine rings is 1. The van der Waals surface area contributed by atoms with Gasteiger partial charge in [-0.25, -0.2) is 9.78 Å². The van der Waals surface area contributed by atoms with Gasteiger partial charge in [0.25, 0.3) is 5.56 Å². The molecule has 9 nitrogen and oxygen atoms in total. The molecule has 1 aliphatic heterocycles. The number of ether oxygens (including phenoxy) is 1. The summed E-state index contributed by atoms with van der Waals surface area (Å²) in [7, 11) is 5.12. The molecule has 3 aromatic rings. The number of nitrogens with one attached hydrogen (secondary N) is 1. The molecule has 32 heavy (non-hydrogen) atoms. The van der Waals surface area contributed by atoms with E-state index in [2.05, 4.69) is 15.2 Å². The third-order valence-corrected chi connectivity index (χ3v) is 5.38. The number of benzene rings is 1. The van der Waals surface area contributed by atoms with Crippen molar-refractivity contribution in [2.24, 2.45) is 7.05 Å². The van der Waals surface area contributed by atoms with Crippen LogP contribution in [0.25, 0.3) is 11.3 Å². The number of morpholine rings is 1.